The lowest BCUT2D eigenvalue weighted by Crippen LogP contribution is -2.23. The molecule has 1 fully saturated rings. The summed E-state index contributed by atoms with van der Waals surface area (Å²) in [6, 6.07) is 0.428. The topological polar surface area (TPSA) is 131 Å². The Hall–Kier alpha value is -1.97. The third-order valence-corrected chi connectivity index (χ3v) is 3.26. The van der Waals surface area contributed by atoms with Gasteiger partial charge in [-0.3, -0.25) is 4.57 Å². The molecule has 0 spiro atoms. The van der Waals surface area contributed by atoms with E-state index in [1.54, 1.807) is 10.9 Å². The van der Waals surface area contributed by atoms with Crippen molar-refractivity contribution in [3.8, 4) is 0 Å². The third kappa shape index (κ3) is 3.04. The summed E-state index contributed by atoms with van der Waals surface area (Å²) < 4.78 is 7.02. The van der Waals surface area contributed by atoms with Crippen molar-refractivity contribution >= 4 is 22.9 Å². The molecule has 1 aliphatic rings. The van der Waals surface area contributed by atoms with E-state index in [9.17, 15) is 0 Å². The molecule has 114 valence electrons. The summed E-state index contributed by atoms with van der Waals surface area (Å²) in [6.07, 6.45) is 3.17. The number of hydrogen-bond donors (Lipinski definition) is 4. The van der Waals surface area contributed by atoms with Crippen molar-refractivity contribution in [1.82, 2.24) is 19.5 Å². The molecule has 21 heavy (non-hydrogen) atoms. The number of fused-ring (bicyclic) bond motifs is 1. The Labute approximate surface area is 120 Å². The van der Waals surface area contributed by atoms with E-state index in [4.69, 9.17) is 20.7 Å². The van der Waals surface area contributed by atoms with Crippen LogP contribution in [-0.4, -0.2) is 55.1 Å². The number of ether oxygens (including phenoxy) is 1. The predicted octanol–water partition coefficient (Wildman–Crippen LogP) is -0.690. The van der Waals surface area contributed by atoms with Gasteiger partial charge in [-0.15, -0.1) is 0 Å². The van der Waals surface area contributed by atoms with Gasteiger partial charge in [0.2, 0.25) is 5.95 Å². The number of nitrogens with zero attached hydrogens (tertiary/aromatic N) is 4. The number of aromatic nitrogens is 4. The second-order valence-electron chi connectivity index (χ2n) is 5.02. The van der Waals surface area contributed by atoms with Crippen LogP contribution in [0.15, 0.2) is 6.33 Å². The van der Waals surface area contributed by atoms with Gasteiger partial charge in [0.25, 0.3) is 0 Å². The highest BCUT2D eigenvalue weighted by Crippen LogP contribution is 2.27. The highest BCUT2D eigenvalue weighted by molar-refractivity contribution is 5.84. The van der Waals surface area contributed by atoms with Crippen LogP contribution in [0, 0.1) is 0 Å². The fraction of sp³-hybridized carbons (Fsp3) is 0.583. The second-order valence-corrected chi connectivity index (χ2v) is 5.02. The van der Waals surface area contributed by atoms with Crippen molar-refractivity contribution in [3.63, 3.8) is 0 Å². The molecule has 2 aromatic rings. The molecule has 0 radical (unpaired) electrons. The van der Waals surface area contributed by atoms with Crippen LogP contribution in [0.2, 0.25) is 0 Å². The number of nitrogens with one attached hydrogen (secondary N) is 1. The number of imidazole rings is 1. The monoisotopic (exact) mass is 294 g/mol. The first-order valence-corrected chi connectivity index (χ1v) is 6.79. The van der Waals surface area contributed by atoms with Crippen molar-refractivity contribution in [3.05, 3.63) is 6.33 Å². The zero-order chi connectivity index (χ0) is 14.8. The Bertz CT molecular complexity index is 623. The number of anilines is 2. The minimum Gasteiger partial charge on any atom is -0.394 e. The molecule has 1 saturated carbocycles. The maximum absolute atomic E-state index is 9.00. The Morgan fingerprint density at radius 2 is 2.14 bits per heavy atom. The van der Waals surface area contributed by atoms with Gasteiger partial charge in [-0.2, -0.15) is 9.97 Å². The van der Waals surface area contributed by atoms with Gasteiger partial charge in [0.15, 0.2) is 17.0 Å². The van der Waals surface area contributed by atoms with E-state index >= 15 is 0 Å². The first-order valence-electron chi connectivity index (χ1n) is 6.79. The maximum Gasteiger partial charge on any atom is 0.224 e. The molecule has 2 aromatic heterocycles. The molecule has 0 amide bonds. The van der Waals surface area contributed by atoms with E-state index in [1.807, 2.05) is 0 Å². The molecule has 0 unspecified atom stereocenters. The lowest BCUT2D eigenvalue weighted by molar-refractivity contribution is -0.0488. The zero-order valence-corrected chi connectivity index (χ0v) is 11.4. The predicted molar refractivity (Wildman–Crippen MR) is 75.4 cm³/mol. The summed E-state index contributed by atoms with van der Waals surface area (Å²) in [5, 5.41) is 21.3. The Morgan fingerprint density at radius 3 is 2.81 bits per heavy atom. The molecule has 0 atom stereocenters. The molecule has 0 saturated heterocycles. The van der Waals surface area contributed by atoms with Crippen LogP contribution in [0.3, 0.4) is 0 Å². The summed E-state index contributed by atoms with van der Waals surface area (Å²) >= 11 is 0. The molecule has 9 heteroatoms. The lowest BCUT2D eigenvalue weighted by atomic mass is 10.4. The van der Waals surface area contributed by atoms with Crippen LogP contribution in [0.25, 0.3) is 11.2 Å². The average Bonchev–Trinajstić information content (AvgIpc) is 3.19. The van der Waals surface area contributed by atoms with Gasteiger partial charge in [-0.1, -0.05) is 0 Å². The molecule has 5 N–H and O–H groups in total. The van der Waals surface area contributed by atoms with E-state index in [1.165, 1.54) is 0 Å². The first-order chi connectivity index (χ1) is 10.2. The summed E-state index contributed by atoms with van der Waals surface area (Å²) in [6.45, 7) is -0.398. The van der Waals surface area contributed by atoms with Crippen LogP contribution >= 0.6 is 0 Å². The number of aliphatic hydroxyl groups excluding tert-OH is 2. The van der Waals surface area contributed by atoms with E-state index in [-0.39, 0.29) is 25.9 Å². The van der Waals surface area contributed by atoms with Crippen molar-refractivity contribution in [2.75, 3.05) is 24.3 Å². The van der Waals surface area contributed by atoms with Gasteiger partial charge in [-0.05, 0) is 12.8 Å². The molecule has 0 aromatic carbocycles. The summed E-state index contributed by atoms with van der Waals surface area (Å²) in [5.74, 6) is 0.785. The molecule has 3 rings (SSSR count). The summed E-state index contributed by atoms with van der Waals surface area (Å²) in [4.78, 5) is 12.6. The van der Waals surface area contributed by atoms with Crippen LogP contribution in [0.1, 0.15) is 12.8 Å². The SMILES string of the molecule is Nc1nc(NC2CC2)c2ncn(COC(CO)CO)c2n1. The van der Waals surface area contributed by atoms with Gasteiger partial charge >= 0.3 is 0 Å². The smallest absolute Gasteiger partial charge is 0.224 e. The zero-order valence-electron chi connectivity index (χ0n) is 11.4. The van der Waals surface area contributed by atoms with Gasteiger partial charge in [0.1, 0.15) is 12.8 Å². The van der Waals surface area contributed by atoms with Crippen molar-refractivity contribution in [1.29, 1.82) is 0 Å². The highest BCUT2D eigenvalue weighted by atomic mass is 16.5. The first kappa shape index (κ1) is 14.0. The average molecular weight is 294 g/mol. The minimum atomic E-state index is -0.634. The van der Waals surface area contributed by atoms with Crippen molar-refractivity contribution in [2.24, 2.45) is 0 Å². The number of rotatable bonds is 7. The molecule has 1 aliphatic carbocycles. The summed E-state index contributed by atoms with van der Waals surface area (Å²) in [5.41, 5.74) is 6.92. The molecule has 2 heterocycles. The molecule has 0 bridgehead atoms. The van der Waals surface area contributed by atoms with E-state index in [2.05, 4.69) is 20.3 Å². The van der Waals surface area contributed by atoms with Crippen LogP contribution in [-0.2, 0) is 11.5 Å². The Balaban J connectivity index is 1.84. The fourth-order valence-corrected chi connectivity index (χ4v) is 1.93. The van der Waals surface area contributed by atoms with Gasteiger partial charge in [0, 0.05) is 6.04 Å². The van der Waals surface area contributed by atoms with E-state index < -0.39 is 6.10 Å². The third-order valence-electron chi connectivity index (χ3n) is 3.26. The van der Waals surface area contributed by atoms with E-state index in [0.717, 1.165) is 12.8 Å². The Kier molecular flexibility index (Phi) is 3.86. The van der Waals surface area contributed by atoms with E-state index in [0.29, 0.717) is 23.0 Å². The second kappa shape index (κ2) is 5.80. The van der Waals surface area contributed by atoms with Gasteiger partial charge in [-0.25, -0.2) is 4.98 Å². The van der Waals surface area contributed by atoms with Crippen molar-refractivity contribution < 1.29 is 14.9 Å². The van der Waals surface area contributed by atoms with Gasteiger partial charge < -0.3 is 26.0 Å². The molecular formula is C12H18N6O3. The molecule has 9 nitrogen and oxygen atoms in total. The maximum atomic E-state index is 9.00. The number of nitrogens with two attached hydrogens (primary N) is 1. The largest absolute Gasteiger partial charge is 0.394 e. The van der Waals surface area contributed by atoms with Crippen LogP contribution < -0.4 is 11.1 Å². The standard InChI is InChI=1S/C12H18N6O3/c13-12-16-10(15-7-1-2-7)9-11(17-12)18(5-14-9)6-21-8(3-19)4-20/h5,7-8,19-20H,1-4,6H2,(H3,13,15,16,17). The normalized spacial score (nSPS) is 15.0. The number of aliphatic hydroxyl groups is 2. The molecule has 0 aliphatic heterocycles. The van der Waals surface area contributed by atoms with Crippen LogP contribution in [0.4, 0.5) is 11.8 Å². The van der Waals surface area contributed by atoms with Gasteiger partial charge in [0.05, 0.1) is 19.5 Å². The summed E-state index contributed by atoms with van der Waals surface area (Å²) in [7, 11) is 0. The molecular weight excluding hydrogens is 276 g/mol. The number of nitrogen functional groups attached to an aromatic ring is 1. The Morgan fingerprint density at radius 1 is 1.38 bits per heavy atom. The quantitative estimate of drug-likeness (QED) is 0.527. The minimum absolute atomic E-state index is 0.113. The number of hydrogen-bond acceptors (Lipinski definition) is 8. The highest BCUT2D eigenvalue weighted by Gasteiger charge is 2.24. The lowest BCUT2D eigenvalue weighted by Gasteiger charge is -2.13. The van der Waals surface area contributed by atoms with Crippen molar-refractivity contribution in [2.45, 2.75) is 31.7 Å². The van der Waals surface area contributed by atoms with Crippen LogP contribution in [0.5, 0.6) is 0 Å². The fourth-order valence-electron chi connectivity index (χ4n) is 1.93.